The summed E-state index contributed by atoms with van der Waals surface area (Å²) in [6.45, 7) is 10.1. The molecule has 28 heavy (non-hydrogen) atoms. The molecule has 1 N–H and O–H groups in total. The maximum absolute atomic E-state index is 6.39. The Kier molecular flexibility index (Phi) is 4.91. The fourth-order valence-corrected chi connectivity index (χ4v) is 3.83. The van der Waals surface area contributed by atoms with Gasteiger partial charge in [-0.05, 0) is 56.5 Å². The molecule has 0 atom stereocenters. The summed E-state index contributed by atoms with van der Waals surface area (Å²) in [5, 5.41) is 5.57. The zero-order chi connectivity index (χ0) is 19.7. The zero-order valence-corrected chi connectivity index (χ0v) is 17.0. The Hall–Kier alpha value is -3.07. The van der Waals surface area contributed by atoms with Crippen molar-refractivity contribution in [2.45, 2.75) is 27.7 Å². The Morgan fingerprint density at radius 3 is 2.43 bits per heavy atom. The minimum Gasteiger partial charge on any atom is -0.456 e. The predicted molar refractivity (Wildman–Crippen MR) is 118 cm³/mol. The molecule has 142 valence electrons. The van der Waals surface area contributed by atoms with Gasteiger partial charge < -0.3 is 9.73 Å². The molecule has 0 fully saturated rings. The molecule has 0 spiro atoms. The van der Waals surface area contributed by atoms with Crippen LogP contribution in [0.25, 0.3) is 33.4 Å². The van der Waals surface area contributed by atoms with Crippen molar-refractivity contribution in [3.05, 3.63) is 71.1 Å². The largest absolute Gasteiger partial charge is 0.456 e. The summed E-state index contributed by atoms with van der Waals surface area (Å²) in [6, 6.07) is 19.2. The molecule has 3 nitrogen and oxygen atoms in total. The average Bonchev–Trinajstić information content (AvgIpc) is 2.69. The van der Waals surface area contributed by atoms with Gasteiger partial charge in [-0.15, -0.1) is 0 Å². The first-order chi connectivity index (χ1) is 13.6. The molecule has 2 aliphatic rings. The first-order valence-corrected chi connectivity index (χ1v) is 9.94. The summed E-state index contributed by atoms with van der Waals surface area (Å²) in [6.07, 6.45) is 0. The number of hydrogen-bond donors (Lipinski definition) is 1. The third kappa shape index (κ3) is 3.18. The van der Waals surface area contributed by atoms with E-state index < -0.39 is 0 Å². The molecule has 1 aliphatic carbocycles. The molecular formula is C25H26N2O. The van der Waals surface area contributed by atoms with Gasteiger partial charge in [0.15, 0.2) is 0 Å². The van der Waals surface area contributed by atoms with Crippen LogP contribution in [0, 0.1) is 13.8 Å². The van der Waals surface area contributed by atoms with E-state index in [2.05, 4.69) is 92.6 Å². The van der Waals surface area contributed by atoms with Gasteiger partial charge in [0.25, 0.3) is 0 Å². The smallest absolute Gasteiger partial charge is 0.137 e. The third-order valence-electron chi connectivity index (χ3n) is 5.14. The Balaban J connectivity index is 2.15. The monoisotopic (exact) mass is 370 g/mol. The SMILES string of the molecule is CC/N=c1/cc2oc3cc(NCC)c(C)cc3c(-c3ccccc3)c-2cc1C. The maximum Gasteiger partial charge on any atom is 0.137 e. The van der Waals surface area contributed by atoms with Crippen LogP contribution in [-0.4, -0.2) is 13.1 Å². The van der Waals surface area contributed by atoms with Gasteiger partial charge in [0.05, 0.1) is 5.36 Å². The van der Waals surface area contributed by atoms with Crippen molar-refractivity contribution in [3.8, 4) is 22.5 Å². The molecule has 0 radical (unpaired) electrons. The van der Waals surface area contributed by atoms with E-state index in [0.29, 0.717) is 0 Å². The fraction of sp³-hybridized carbons (Fsp3) is 0.240. The number of aryl methyl sites for hydroxylation is 2. The van der Waals surface area contributed by atoms with Crippen molar-refractivity contribution in [1.82, 2.24) is 0 Å². The Morgan fingerprint density at radius 2 is 1.71 bits per heavy atom. The summed E-state index contributed by atoms with van der Waals surface area (Å²) >= 11 is 0. The minimum absolute atomic E-state index is 0.759. The summed E-state index contributed by atoms with van der Waals surface area (Å²) in [5.41, 5.74) is 7.93. The molecule has 2 aromatic rings. The lowest BCUT2D eigenvalue weighted by Crippen LogP contribution is -2.09. The highest BCUT2D eigenvalue weighted by Crippen LogP contribution is 2.41. The van der Waals surface area contributed by atoms with Crippen molar-refractivity contribution < 1.29 is 4.42 Å². The first-order valence-electron chi connectivity index (χ1n) is 9.94. The number of benzene rings is 3. The Morgan fingerprint density at radius 1 is 0.929 bits per heavy atom. The van der Waals surface area contributed by atoms with Crippen LogP contribution < -0.4 is 10.7 Å². The third-order valence-corrected chi connectivity index (χ3v) is 5.14. The van der Waals surface area contributed by atoms with Crippen LogP contribution in [0.1, 0.15) is 25.0 Å². The lowest BCUT2D eigenvalue weighted by Gasteiger charge is -2.18. The minimum atomic E-state index is 0.759. The normalized spacial score (nSPS) is 12.1. The van der Waals surface area contributed by atoms with Crippen LogP contribution in [0.15, 0.2) is 64.0 Å². The molecule has 0 aromatic heterocycles. The highest BCUT2D eigenvalue weighted by atomic mass is 16.3. The standard InChI is InChI=1S/C25H26N2O/c1-5-26-21-14-23-19(12-16(21)3)25(18-10-8-7-9-11-18)20-13-17(4)22(27-6-2)15-24(20)28-23/h7-15,26H,5-6H2,1-4H3/b27-22-. The van der Waals surface area contributed by atoms with Crippen LogP contribution in [0.2, 0.25) is 0 Å². The van der Waals surface area contributed by atoms with E-state index in [0.717, 1.165) is 46.4 Å². The first kappa shape index (κ1) is 18.3. The van der Waals surface area contributed by atoms with Gasteiger partial charge in [-0.3, -0.25) is 4.99 Å². The highest BCUT2D eigenvalue weighted by Gasteiger charge is 2.19. The van der Waals surface area contributed by atoms with Crippen molar-refractivity contribution in [1.29, 1.82) is 0 Å². The average molecular weight is 370 g/mol. The van der Waals surface area contributed by atoms with Crippen molar-refractivity contribution in [3.63, 3.8) is 0 Å². The van der Waals surface area contributed by atoms with E-state index in [1.54, 1.807) is 0 Å². The van der Waals surface area contributed by atoms with E-state index in [1.165, 1.54) is 22.3 Å². The molecule has 2 aromatic carbocycles. The molecule has 0 amide bonds. The lowest BCUT2D eigenvalue weighted by molar-refractivity contribution is 0.618. The van der Waals surface area contributed by atoms with Gasteiger partial charge in [0, 0.05) is 47.4 Å². The van der Waals surface area contributed by atoms with Crippen LogP contribution >= 0.6 is 0 Å². The topological polar surface area (TPSA) is 37.5 Å². The maximum atomic E-state index is 6.39. The number of anilines is 1. The molecule has 0 saturated carbocycles. The van der Waals surface area contributed by atoms with Gasteiger partial charge >= 0.3 is 0 Å². The molecule has 1 heterocycles. The Bertz CT molecular complexity index is 1170. The van der Waals surface area contributed by atoms with Crippen LogP contribution in [0.3, 0.4) is 0 Å². The van der Waals surface area contributed by atoms with Crippen molar-refractivity contribution >= 4 is 16.7 Å². The van der Waals surface area contributed by atoms with Crippen molar-refractivity contribution in [2.75, 3.05) is 18.4 Å². The van der Waals surface area contributed by atoms with Gasteiger partial charge in [0.1, 0.15) is 11.3 Å². The van der Waals surface area contributed by atoms with Crippen LogP contribution in [0.4, 0.5) is 5.69 Å². The second-order valence-corrected chi connectivity index (χ2v) is 7.15. The molecule has 0 bridgehead atoms. The predicted octanol–water partition coefficient (Wildman–Crippen LogP) is 6.17. The molecule has 4 rings (SSSR count). The second kappa shape index (κ2) is 7.51. The number of hydrogen-bond acceptors (Lipinski definition) is 3. The van der Waals surface area contributed by atoms with E-state index in [4.69, 9.17) is 4.42 Å². The summed E-state index contributed by atoms with van der Waals surface area (Å²) in [4.78, 5) is 4.63. The molecule has 3 heteroatoms. The van der Waals surface area contributed by atoms with E-state index in [9.17, 15) is 0 Å². The van der Waals surface area contributed by atoms with Gasteiger partial charge in [-0.1, -0.05) is 30.3 Å². The van der Waals surface area contributed by atoms with E-state index in [-0.39, 0.29) is 0 Å². The molecule has 0 unspecified atom stereocenters. The molecule has 0 saturated heterocycles. The second-order valence-electron chi connectivity index (χ2n) is 7.15. The summed E-state index contributed by atoms with van der Waals surface area (Å²) in [7, 11) is 0. The van der Waals surface area contributed by atoms with Gasteiger partial charge in [0.2, 0.25) is 0 Å². The number of rotatable bonds is 4. The van der Waals surface area contributed by atoms with Gasteiger partial charge in [-0.2, -0.15) is 0 Å². The molecular weight excluding hydrogens is 344 g/mol. The van der Waals surface area contributed by atoms with Crippen LogP contribution in [0.5, 0.6) is 0 Å². The highest BCUT2D eigenvalue weighted by molar-refractivity contribution is 6.03. The number of fused-ring (bicyclic) bond motifs is 2. The number of nitrogens with one attached hydrogen (secondary N) is 1. The van der Waals surface area contributed by atoms with Gasteiger partial charge in [-0.25, -0.2) is 0 Å². The lowest BCUT2D eigenvalue weighted by atomic mass is 9.91. The van der Waals surface area contributed by atoms with E-state index >= 15 is 0 Å². The summed E-state index contributed by atoms with van der Waals surface area (Å²) in [5.74, 6) is 0.871. The number of nitrogens with zero attached hydrogens (tertiary/aromatic N) is 1. The Labute approximate surface area is 166 Å². The fourth-order valence-electron chi connectivity index (χ4n) is 3.83. The van der Waals surface area contributed by atoms with Crippen molar-refractivity contribution in [2.24, 2.45) is 4.99 Å². The quantitative estimate of drug-likeness (QED) is 0.436. The van der Waals surface area contributed by atoms with E-state index in [1.807, 2.05) is 0 Å². The zero-order valence-electron chi connectivity index (χ0n) is 17.0. The van der Waals surface area contributed by atoms with Crippen LogP contribution in [-0.2, 0) is 0 Å². The molecule has 1 aliphatic heterocycles. The summed E-state index contributed by atoms with van der Waals surface area (Å²) < 4.78 is 6.39.